The molecule has 15 heavy (non-hydrogen) atoms. The highest BCUT2D eigenvalue weighted by atomic mass is 35.5. The molecule has 0 aromatic carbocycles. The van der Waals surface area contributed by atoms with Crippen LogP contribution in [0, 0.1) is 0 Å². The van der Waals surface area contributed by atoms with Crippen LogP contribution in [-0.4, -0.2) is 11.9 Å². The Morgan fingerprint density at radius 3 is 2.73 bits per heavy atom. The highest BCUT2D eigenvalue weighted by Crippen LogP contribution is 2.24. The van der Waals surface area contributed by atoms with Crippen molar-refractivity contribution in [1.82, 2.24) is 0 Å². The van der Waals surface area contributed by atoms with Crippen molar-refractivity contribution < 1.29 is 9.53 Å². The van der Waals surface area contributed by atoms with Crippen LogP contribution in [-0.2, 0) is 16.1 Å². The number of ketones is 1. The van der Waals surface area contributed by atoms with Crippen LogP contribution in [0.4, 0.5) is 0 Å². The van der Waals surface area contributed by atoms with E-state index in [1.807, 2.05) is 12.1 Å². The van der Waals surface area contributed by atoms with E-state index in [-0.39, 0.29) is 6.10 Å². The van der Waals surface area contributed by atoms with Crippen LogP contribution in [0.1, 0.15) is 30.6 Å². The molecule has 0 radical (unpaired) electrons. The van der Waals surface area contributed by atoms with Gasteiger partial charge in [-0.2, -0.15) is 0 Å². The average molecular weight is 245 g/mol. The van der Waals surface area contributed by atoms with Crippen molar-refractivity contribution in [2.24, 2.45) is 0 Å². The van der Waals surface area contributed by atoms with E-state index < -0.39 is 0 Å². The molecule has 2 nitrogen and oxygen atoms in total. The lowest BCUT2D eigenvalue weighted by molar-refractivity contribution is -0.123. The largest absolute Gasteiger partial charge is 0.373 e. The molecule has 0 unspecified atom stereocenters. The van der Waals surface area contributed by atoms with Gasteiger partial charge in [0.15, 0.2) is 0 Å². The maximum Gasteiger partial charge on any atom is 0.133 e. The maximum atomic E-state index is 11.0. The summed E-state index contributed by atoms with van der Waals surface area (Å²) in [5, 5.41) is 0. The molecule has 82 valence electrons. The van der Waals surface area contributed by atoms with E-state index >= 15 is 0 Å². The molecule has 0 bridgehead atoms. The number of hydrogen-bond acceptors (Lipinski definition) is 3. The summed E-state index contributed by atoms with van der Waals surface area (Å²) in [7, 11) is 0. The Morgan fingerprint density at radius 2 is 2.13 bits per heavy atom. The number of thiophene rings is 1. The van der Waals surface area contributed by atoms with Gasteiger partial charge in [0.25, 0.3) is 0 Å². The summed E-state index contributed by atoms with van der Waals surface area (Å²) < 4.78 is 6.53. The first-order valence-corrected chi connectivity index (χ1v) is 6.31. The standard InChI is InChI=1S/C11H13ClO2S/c12-11-6-5-10(15-11)7-14-9-3-1-8(13)2-4-9/h5-6,9H,1-4,7H2. The van der Waals surface area contributed by atoms with Crippen molar-refractivity contribution in [2.75, 3.05) is 0 Å². The Labute approximate surface area is 98.2 Å². The summed E-state index contributed by atoms with van der Waals surface area (Å²) >= 11 is 7.37. The molecule has 0 saturated heterocycles. The minimum atomic E-state index is 0.253. The highest BCUT2D eigenvalue weighted by Gasteiger charge is 2.19. The maximum absolute atomic E-state index is 11.0. The van der Waals surface area contributed by atoms with E-state index in [2.05, 4.69) is 0 Å². The van der Waals surface area contributed by atoms with Gasteiger partial charge in [-0.3, -0.25) is 4.79 Å². The fraction of sp³-hybridized carbons (Fsp3) is 0.545. The van der Waals surface area contributed by atoms with Crippen molar-refractivity contribution in [3.05, 3.63) is 21.3 Å². The van der Waals surface area contributed by atoms with Crippen molar-refractivity contribution in [1.29, 1.82) is 0 Å². The van der Waals surface area contributed by atoms with Crippen LogP contribution < -0.4 is 0 Å². The molecule has 0 atom stereocenters. The molecule has 1 aromatic rings. The van der Waals surface area contributed by atoms with Crippen molar-refractivity contribution in [3.8, 4) is 0 Å². The molecule has 1 aliphatic carbocycles. The molecule has 1 saturated carbocycles. The zero-order valence-electron chi connectivity index (χ0n) is 8.37. The number of halogens is 1. The summed E-state index contributed by atoms with van der Waals surface area (Å²) in [6.07, 6.45) is 3.35. The molecule has 0 aliphatic heterocycles. The minimum Gasteiger partial charge on any atom is -0.373 e. The van der Waals surface area contributed by atoms with Crippen molar-refractivity contribution in [2.45, 2.75) is 38.4 Å². The molecule has 0 amide bonds. The predicted octanol–water partition coefficient (Wildman–Crippen LogP) is 3.43. The van der Waals surface area contributed by atoms with E-state index in [1.165, 1.54) is 0 Å². The number of ether oxygens (including phenoxy) is 1. The van der Waals surface area contributed by atoms with Gasteiger partial charge in [-0.1, -0.05) is 11.6 Å². The number of carbonyl (C=O) groups is 1. The van der Waals surface area contributed by atoms with Gasteiger partial charge >= 0.3 is 0 Å². The second-order valence-corrected chi connectivity index (χ2v) is 5.55. The molecular weight excluding hydrogens is 232 g/mol. The van der Waals surface area contributed by atoms with E-state index in [1.54, 1.807) is 11.3 Å². The van der Waals surface area contributed by atoms with E-state index in [4.69, 9.17) is 16.3 Å². The first-order valence-electron chi connectivity index (χ1n) is 5.11. The Morgan fingerprint density at radius 1 is 1.40 bits per heavy atom. The van der Waals surface area contributed by atoms with Gasteiger partial charge in [0, 0.05) is 17.7 Å². The third-order valence-electron chi connectivity index (χ3n) is 2.58. The molecule has 1 heterocycles. The van der Waals surface area contributed by atoms with Gasteiger partial charge in [0.2, 0.25) is 0 Å². The normalized spacial score (nSPS) is 18.3. The molecular formula is C11H13ClO2S. The predicted molar refractivity (Wildman–Crippen MR) is 61.4 cm³/mol. The summed E-state index contributed by atoms with van der Waals surface area (Å²) in [4.78, 5) is 12.2. The Hall–Kier alpha value is -0.380. The first-order chi connectivity index (χ1) is 7.24. The third-order valence-corrected chi connectivity index (χ3v) is 3.79. The lowest BCUT2D eigenvalue weighted by Gasteiger charge is -2.20. The van der Waals surface area contributed by atoms with Crippen LogP contribution in [0.25, 0.3) is 0 Å². The molecule has 1 aliphatic rings. The van der Waals surface area contributed by atoms with Crippen molar-refractivity contribution >= 4 is 28.7 Å². The number of carbonyl (C=O) groups excluding carboxylic acids is 1. The molecule has 2 rings (SSSR count). The van der Waals surface area contributed by atoms with Crippen LogP contribution >= 0.6 is 22.9 Å². The Bertz CT molecular complexity index is 338. The highest BCUT2D eigenvalue weighted by molar-refractivity contribution is 7.16. The topological polar surface area (TPSA) is 26.3 Å². The lowest BCUT2D eigenvalue weighted by atomic mass is 9.96. The molecule has 1 aromatic heterocycles. The van der Waals surface area contributed by atoms with Crippen LogP contribution in [0.15, 0.2) is 12.1 Å². The average Bonchev–Trinajstić information content (AvgIpc) is 2.64. The zero-order valence-corrected chi connectivity index (χ0v) is 9.94. The van der Waals surface area contributed by atoms with Gasteiger partial charge in [-0.05, 0) is 25.0 Å². The SMILES string of the molecule is O=C1CCC(OCc2ccc(Cl)s2)CC1. The summed E-state index contributed by atoms with van der Waals surface area (Å²) in [5.41, 5.74) is 0. The van der Waals surface area contributed by atoms with Gasteiger partial charge in [0.05, 0.1) is 17.0 Å². The van der Waals surface area contributed by atoms with Gasteiger partial charge in [0.1, 0.15) is 5.78 Å². The first kappa shape index (κ1) is 11.1. The smallest absolute Gasteiger partial charge is 0.133 e. The third kappa shape index (κ3) is 3.30. The van der Waals surface area contributed by atoms with Gasteiger partial charge in [-0.25, -0.2) is 0 Å². The zero-order chi connectivity index (χ0) is 10.7. The fourth-order valence-corrected chi connectivity index (χ4v) is 2.72. The summed E-state index contributed by atoms with van der Waals surface area (Å²) in [5.74, 6) is 0.369. The van der Waals surface area contributed by atoms with Crippen LogP contribution in [0.5, 0.6) is 0 Å². The number of Topliss-reactive ketones (excluding diaryl/α,β-unsaturated/α-hetero) is 1. The van der Waals surface area contributed by atoms with E-state index in [9.17, 15) is 4.79 Å². The van der Waals surface area contributed by atoms with Crippen LogP contribution in [0.3, 0.4) is 0 Å². The quantitative estimate of drug-likeness (QED) is 0.814. The molecule has 4 heteroatoms. The van der Waals surface area contributed by atoms with Gasteiger partial charge in [-0.15, -0.1) is 11.3 Å². The van der Waals surface area contributed by atoms with E-state index in [0.717, 1.165) is 22.1 Å². The number of rotatable bonds is 3. The fourth-order valence-electron chi connectivity index (χ4n) is 1.71. The molecule has 0 N–H and O–H groups in total. The molecule has 0 spiro atoms. The summed E-state index contributed by atoms with van der Waals surface area (Å²) in [6.45, 7) is 0.621. The Kier molecular flexibility index (Phi) is 3.78. The summed E-state index contributed by atoms with van der Waals surface area (Å²) in [6, 6.07) is 3.87. The van der Waals surface area contributed by atoms with E-state index in [0.29, 0.717) is 25.2 Å². The second-order valence-electron chi connectivity index (χ2n) is 3.75. The Balaban J connectivity index is 1.76. The molecule has 1 fully saturated rings. The van der Waals surface area contributed by atoms with Crippen LogP contribution in [0.2, 0.25) is 4.34 Å². The second kappa shape index (κ2) is 5.10. The lowest BCUT2D eigenvalue weighted by Crippen LogP contribution is -2.21. The van der Waals surface area contributed by atoms with Crippen molar-refractivity contribution in [3.63, 3.8) is 0 Å². The monoisotopic (exact) mass is 244 g/mol. The van der Waals surface area contributed by atoms with Gasteiger partial charge < -0.3 is 4.74 Å². The number of hydrogen-bond donors (Lipinski definition) is 0. The minimum absolute atomic E-state index is 0.253.